The Kier molecular flexibility index (Phi) is 7.42. The van der Waals surface area contributed by atoms with E-state index in [2.05, 4.69) is 50.0 Å². The van der Waals surface area contributed by atoms with Crippen LogP contribution in [0.4, 0.5) is 4.39 Å². The summed E-state index contributed by atoms with van der Waals surface area (Å²) in [5.41, 5.74) is 6.53. The SMILES string of the molecule is CC(C)Cc1ccc(-c2ccc(CC(C)Cc3ccc(-c4ccccc4)[nH]c3=O)cc2)cc1F. The zero-order valence-electron chi connectivity index (χ0n) is 20.1. The zero-order chi connectivity index (χ0) is 24.1. The molecular formula is C31H32FNO. The van der Waals surface area contributed by atoms with E-state index in [9.17, 15) is 9.18 Å². The number of rotatable bonds is 8. The van der Waals surface area contributed by atoms with Crippen LogP contribution in [0.5, 0.6) is 0 Å². The first-order valence-electron chi connectivity index (χ1n) is 12.0. The van der Waals surface area contributed by atoms with Gasteiger partial charge < -0.3 is 4.98 Å². The highest BCUT2D eigenvalue weighted by molar-refractivity contribution is 5.64. The van der Waals surface area contributed by atoms with E-state index in [0.29, 0.717) is 18.3 Å². The van der Waals surface area contributed by atoms with Crippen LogP contribution in [0, 0.1) is 17.7 Å². The minimum Gasteiger partial charge on any atom is -0.322 e. The van der Waals surface area contributed by atoms with Crippen LogP contribution in [0.25, 0.3) is 22.4 Å². The van der Waals surface area contributed by atoms with Crippen molar-refractivity contribution in [1.29, 1.82) is 0 Å². The Morgan fingerprint density at radius 2 is 1.38 bits per heavy atom. The number of nitrogens with one attached hydrogen (secondary N) is 1. The first-order valence-corrected chi connectivity index (χ1v) is 12.0. The topological polar surface area (TPSA) is 32.9 Å². The van der Waals surface area contributed by atoms with Gasteiger partial charge in [-0.25, -0.2) is 4.39 Å². The van der Waals surface area contributed by atoms with Crippen molar-refractivity contribution < 1.29 is 4.39 Å². The maximum Gasteiger partial charge on any atom is 0.251 e. The fourth-order valence-corrected chi connectivity index (χ4v) is 4.47. The number of benzene rings is 3. The van der Waals surface area contributed by atoms with E-state index in [1.54, 1.807) is 6.07 Å². The third-order valence-corrected chi connectivity index (χ3v) is 6.20. The maximum absolute atomic E-state index is 14.5. The first-order chi connectivity index (χ1) is 16.4. The summed E-state index contributed by atoms with van der Waals surface area (Å²) in [6.07, 6.45) is 2.34. The predicted molar refractivity (Wildman–Crippen MR) is 139 cm³/mol. The largest absolute Gasteiger partial charge is 0.322 e. The molecule has 0 amide bonds. The van der Waals surface area contributed by atoms with Crippen LogP contribution in [0.1, 0.15) is 37.5 Å². The molecule has 0 spiro atoms. The summed E-state index contributed by atoms with van der Waals surface area (Å²) >= 11 is 0. The molecule has 3 heteroatoms. The average molecular weight is 454 g/mol. The third kappa shape index (κ3) is 5.91. The first kappa shape index (κ1) is 23.7. The number of hydrogen-bond donors (Lipinski definition) is 1. The molecule has 174 valence electrons. The monoisotopic (exact) mass is 453 g/mol. The minimum absolute atomic E-state index is 0.0218. The molecule has 4 aromatic rings. The second kappa shape index (κ2) is 10.6. The molecule has 1 atom stereocenters. The molecule has 0 bridgehead atoms. The van der Waals surface area contributed by atoms with E-state index < -0.39 is 0 Å². The molecular weight excluding hydrogens is 421 g/mol. The van der Waals surface area contributed by atoms with Crippen molar-refractivity contribution in [2.45, 2.75) is 40.0 Å². The number of halogens is 1. The van der Waals surface area contributed by atoms with Crippen LogP contribution in [-0.2, 0) is 19.3 Å². The molecule has 4 rings (SSSR count). The molecule has 0 aliphatic heterocycles. The van der Waals surface area contributed by atoms with Gasteiger partial charge in [0.2, 0.25) is 0 Å². The molecule has 1 heterocycles. The predicted octanol–water partition coefficient (Wildman–Crippen LogP) is 7.47. The van der Waals surface area contributed by atoms with E-state index in [-0.39, 0.29) is 11.4 Å². The Hall–Kier alpha value is -3.46. The molecule has 0 saturated heterocycles. The van der Waals surface area contributed by atoms with Crippen molar-refractivity contribution in [3.05, 3.63) is 118 Å². The van der Waals surface area contributed by atoms with Crippen LogP contribution < -0.4 is 5.56 Å². The Balaban J connectivity index is 1.40. The highest BCUT2D eigenvalue weighted by atomic mass is 19.1. The lowest BCUT2D eigenvalue weighted by atomic mass is 9.93. The Bertz CT molecular complexity index is 1290. The second-order valence-corrected chi connectivity index (χ2v) is 9.71. The molecule has 34 heavy (non-hydrogen) atoms. The van der Waals surface area contributed by atoms with E-state index >= 15 is 0 Å². The molecule has 0 aliphatic rings. The van der Waals surface area contributed by atoms with Gasteiger partial charge in [-0.05, 0) is 71.0 Å². The molecule has 0 saturated carbocycles. The number of aromatic amines is 1. The van der Waals surface area contributed by atoms with E-state index in [0.717, 1.165) is 46.4 Å². The number of aromatic nitrogens is 1. The molecule has 0 radical (unpaired) electrons. The van der Waals surface area contributed by atoms with Crippen molar-refractivity contribution in [3.63, 3.8) is 0 Å². The number of hydrogen-bond acceptors (Lipinski definition) is 1. The molecule has 1 unspecified atom stereocenters. The lowest BCUT2D eigenvalue weighted by molar-refractivity contribution is 0.574. The highest BCUT2D eigenvalue weighted by Gasteiger charge is 2.11. The molecule has 1 N–H and O–H groups in total. The Labute approximate surface area is 201 Å². The van der Waals surface area contributed by atoms with Crippen molar-refractivity contribution >= 4 is 0 Å². The zero-order valence-corrected chi connectivity index (χ0v) is 20.1. The summed E-state index contributed by atoms with van der Waals surface area (Å²) < 4.78 is 14.5. The van der Waals surface area contributed by atoms with Gasteiger partial charge in [0, 0.05) is 11.3 Å². The molecule has 0 fully saturated rings. The summed E-state index contributed by atoms with van der Waals surface area (Å²) in [7, 11) is 0. The van der Waals surface area contributed by atoms with Crippen LogP contribution in [0.3, 0.4) is 0 Å². The lowest BCUT2D eigenvalue weighted by Gasteiger charge is -2.13. The Morgan fingerprint density at radius 1 is 0.706 bits per heavy atom. The van der Waals surface area contributed by atoms with Crippen LogP contribution in [0.15, 0.2) is 89.7 Å². The van der Waals surface area contributed by atoms with Gasteiger partial charge in [-0.3, -0.25) is 4.79 Å². The summed E-state index contributed by atoms with van der Waals surface area (Å²) in [5, 5.41) is 0. The van der Waals surface area contributed by atoms with Crippen molar-refractivity contribution in [3.8, 4) is 22.4 Å². The summed E-state index contributed by atoms with van der Waals surface area (Å²) in [5.74, 6) is 0.619. The number of H-pyrrole nitrogens is 1. The fourth-order valence-electron chi connectivity index (χ4n) is 4.47. The summed E-state index contributed by atoms with van der Waals surface area (Å²) in [4.78, 5) is 15.6. The average Bonchev–Trinajstić information content (AvgIpc) is 2.82. The van der Waals surface area contributed by atoms with Gasteiger partial charge >= 0.3 is 0 Å². The van der Waals surface area contributed by atoms with Gasteiger partial charge in [-0.2, -0.15) is 0 Å². The minimum atomic E-state index is -0.132. The third-order valence-electron chi connectivity index (χ3n) is 6.20. The molecule has 2 nitrogen and oxygen atoms in total. The van der Waals surface area contributed by atoms with E-state index in [1.165, 1.54) is 5.56 Å². The van der Waals surface area contributed by atoms with Gasteiger partial charge in [0.15, 0.2) is 0 Å². The molecule has 0 aliphatic carbocycles. The maximum atomic E-state index is 14.5. The van der Waals surface area contributed by atoms with Crippen LogP contribution in [-0.4, -0.2) is 4.98 Å². The van der Waals surface area contributed by atoms with Gasteiger partial charge in [0.1, 0.15) is 5.82 Å². The van der Waals surface area contributed by atoms with Gasteiger partial charge in [-0.15, -0.1) is 0 Å². The summed E-state index contributed by atoms with van der Waals surface area (Å²) in [6, 6.07) is 27.7. The second-order valence-electron chi connectivity index (χ2n) is 9.71. The molecule has 3 aromatic carbocycles. The summed E-state index contributed by atoms with van der Waals surface area (Å²) in [6.45, 7) is 6.37. The van der Waals surface area contributed by atoms with Crippen molar-refractivity contribution in [1.82, 2.24) is 4.98 Å². The quantitative estimate of drug-likeness (QED) is 0.295. The van der Waals surface area contributed by atoms with E-state index in [1.807, 2.05) is 54.6 Å². The highest BCUT2D eigenvalue weighted by Crippen LogP contribution is 2.25. The standard InChI is InChI=1S/C31H32FNO/c1-21(2)17-27-14-13-26(20-29(27)32)24-11-9-23(10-12-24)18-22(3)19-28-15-16-30(33-31(28)34)25-7-5-4-6-8-25/h4-16,20-22H,17-19H2,1-3H3,(H,33,34). The lowest BCUT2D eigenvalue weighted by Crippen LogP contribution is -2.16. The normalized spacial score (nSPS) is 12.1. The number of pyridine rings is 1. The fraction of sp³-hybridized carbons (Fsp3) is 0.258. The van der Waals surface area contributed by atoms with Crippen LogP contribution >= 0.6 is 0 Å². The Morgan fingerprint density at radius 3 is 2.03 bits per heavy atom. The van der Waals surface area contributed by atoms with Crippen LogP contribution in [0.2, 0.25) is 0 Å². The van der Waals surface area contributed by atoms with Crippen molar-refractivity contribution in [2.75, 3.05) is 0 Å². The van der Waals surface area contributed by atoms with E-state index in [4.69, 9.17) is 0 Å². The molecule has 1 aromatic heterocycles. The van der Waals surface area contributed by atoms with Crippen molar-refractivity contribution in [2.24, 2.45) is 11.8 Å². The van der Waals surface area contributed by atoms with Gasteiger partial charge in [0.05, 0.1) is 0 Å². The van der Waals surface area contributed by atoms with Gasteiger partial charge in [0.25, 0.3) is 5.56 Å². The van der Waals surface area contributed by atoms with Gasteiger partial charge in [-0.1, -0.05) is 93.6 Å². The smallest absolute Gasteiger partial charge is 0.251 e.